The van der Waals surface area contributed by atoms with E-state index in [-0.39, 0.29) is 18.3 Å². The Morgan fingerprint density at radius 2 is 1.29 bits per heavy atom. The van der Waals surface area contributed by atoms with Gasteiger partial charge >= 0.3 is 0 Å². The second-order valence-corrected chi connectivity index (χ2v) is 6.65. The highest BCUT2D eigenvalue weighted by Crippen LogP contribution is 2.38. The normalized spacial score (nSPS) is 12.3. The van der Waals surface area contributed by atoms with Crippen LogP contribution >= 0.6 is 0 Å². The molecule has 5 rings (SSSR count). The molecule has 2 N–H and O–H groups in total. The summed E-state index contributed by atoms with van der Waals surface area (Å²) in [5.74, 6) is -0.296. The summed E-state index contributed by atoms with van der Waals surface area (Å²) in [6, 6.07) is 27.1. The number of hydrogen-bond donors (Lipinski definition) is 2. The van der Waals surface area contributed by atoms with E-state index in [2.05, 4.69) is 54.4 Å². The second-order valence-electron chi connectivity index (χ2n) is 6.65. The molecule has 158 valence electrons. The van der Waals surface area contributed by atoms with Crippen molar-refractivity contribution in [1.82, 2.24) is 5.32 Å². The third-order valence-corrected chi connectivity index (χ3v) is 4.60. The number of nitrogens with one attached hydrogen (secondary N) is 1. The maximum absolute atomic E-state index is 10.1. The van der Waals surface area contributed by atoms with Gasteiger partial charge in [-0.15, -0.1) is 0 Å². The number of amides is 2. The van der Waals surface area contributed by atoms with Gasteiger partial charge in [0, 0.05) is 12.8 Å². The number of carbonyl (C=O) groups is 3. The molecule has 3 aromatic carbocycles. The third kappa shape index (κ3) is 7.08. The number of rotatable bonds is 1. The molecule has 1 fully saturated rings. The van der Waals surface area contributed by atoms with Crippen LogP contribution in [0, 0.1) is 0 Å². The molecule has 1 aliphatic carbocycles. The summed E-state index contributed by atoms with van der Waals surface area (Å²) in [5.41, 5.74) is 6.86. The number of benzene rings is 3. The van der Waals surface area contributed by atoms with E-state index in [1.165, 1.54) is 27.8 Å². The van der Waals surface area contributed by atoms with Crippen LogP contribution in [-0.4, -0.2) is 23.4 Å². The van der Waals surface area contributed by atoms with Gasteiger partial charge in [-0.2, -0.15) is 0 Å². The van der Waals surface area contributed by atoms with Gasteiger partial charge in [0.25, 0.3) is 6.47 Å². The third-order valence-electron chi connectivity index (χ3n) is 4.60. The van der Waals surface area contributed by atoms with Crippen molar-refractivity contribution < 1.29 is 19.5 Å². The lowest BCUT2D eigenvalue weighted by atomic mass is 10.00. The Labute approximate surface area is 182 Å². The van der Waals surface area contributed by atoms with Crippen LogP contribution in [0.15, 0.2) is 85.4 Å². The average Bonchev–Trinajstić information content (AvgIpc) is 3.38. The lowest BCUT2D eigenvalue weighted by molar-refractivity contribution is -0.125. The lowest BCUT2D eigenvalue weighted by Gasteiger charge is -2.04. The highest BCUT2D eigenvalue weighted by molar-refractivity contribution is 6.01. The van der Waals surface area contributed by atoms with Gasteiger partial charge in [-0.3, -0.25) is 19.7 Å². The first kappa shape index (κ1) is 23.3. The zero-order chi connectivity index (χ0) is 22.5. The zero-order valence-corrected chi connectivity index (χ0v) is 17.2. The van der Waals surface area contributed by atoms with Gasteiger partial charge in [-0.1, -0.05) is 91.5 Å². The number of carbonyl (C=O) groups excluding carboxylic acids is 2. The van der Waals surface area contributed by atoms with Crippen LogP contribution < -0.4 is 5.32 Å². The molecule has 0 spiro atoms. The molecule has 0 saturated carbocycles. The van der Waals surface area contributed by atoms with Crippen molar-refractivity contribution in [1.29, 1.82) is 0 Å². The smallest absolute Gasteiger partial charge is 0.290 e. The van der Waals surface area contributed by atoms with Gasteiger partial charge in [0.2, 0.25) is 11.8 Å². The summed E-state index contributed by atoms with van der Waals surface area (Å²) < 4.78 is 0. The SMILES string of the molecule is C=Cc1cccc2c1-c1ccccc1C2.O=C1CCC(=O)N1.O=CO.c1ccccc1. The van der Waals surface area contributed by atoms with Crippen LogP contribution in [0.1, 0.15) is 29.5 Å². The molecule has 31 heavy (non-hydrogen) atoms. The summed E-state index contributed by atoms with van der Waals surface area (Å²) in [6.07, 6.45) is 3.76. The Balaban J connectivity index is 0.000000178. The van der Waals surface area contributed by atoms with Crippen molar-refractivity contribution in [2.45, 2.75) is 19.3 Å². The first-order chi connectivity index (χ1) is 15.1. The standard InChI is InChI=1S/C15H12.C6H6.C4H5NO2.CH2O2/c1-2-11-7-5-8-13-10-12-6-3-4-9-14(12)15(11)13;1-2-4-6-5-3-1;6-3-1-2-4(7)5-3;2-1-3/h2-9H,1,10H2;1-6H;1-2H2,(H,5,6,7);1H,(H,2,3). The van der Waals surface area contributed by atoms with Crippen LogP contribution in [0.5, 0.6) is 0 Å². The molecule has 1 saturated heterocycles. The summed E-state index contributed by atoms with van der Waals surface area (Å²) in [5, 5.41) is 9.03. The molecular formula is C26H25NO4. The lowest BCUT2D eigenvalue weighted by Crippen LogP contribution is -2.18. The largest absolute Gasteiger partial charge is 0.483 e. The molecule has 0 radical (unpaired) electrons. The summed E-state index contributed by atoms with van der Waals surface area (Å²) in [6.45, 7) is 3.63. The average molecular weight is 415 g/mol. The molecule has 3 aromatic rings. The molecule has 5 heteroatoms. The number of imide groups is 1. The van der Waals surface area contributed by atoms with E-state index in [4.69, 9.17) is 9.90 Å². The molecule has 1 aliphatic heterocycles. The number of hydrogen-bond acceptors (Lipinski definition) is 3. The minimum atomic E-state index is -0.250. The maximum atomic E-state index is 10.1. The quantitative estimate of drug-likeness (QED) is 0.348. The minimum Gasteiger partial charge on any atom is -0.483 e. The summed E-state index contributed by atoms with van der Waals surface area (Å²) in [7, 11) is 0. The van der Waals surface area contributed by atoms with Gasteiger partial charge in [0.15, 0.2) is 0 Å². The molecule has 5 nitrogen and oxygen atoms in total. The molecule has 2 amide bonds. The van der Waals surface area contributed by atoms with E-state index in [1.54, 1.807) is 0 Å². The van der Waals surface area contributed by atoms with Crippen molar-refractivity contribution in [2.75, 3.05) is 0 Å². The highest BCUT2D eigenvalue weighted by atomic mass is 16.3. The fourth-order valence-corrected chi connectivity index (χ4v) is 3.28. The van der Waals surface area contributed by atoms with Crippen LogP contribution in [0.2, 0.25) is 0 Å². The molecular weight excluding hydrogens is 390 g/mol. The number of fused-ring (bicyclic) bond motifs is 3. The second kappa shape index (κ2) is 12.5. The Morgan fingerprint density at radius 3 is 1.77 bits per heavy atom. The highest BCUT2D eigenvalue weighted by Gasteiger charge is 2.19. The van der Waals surface area contributed by atoms with Crippen LogP contribution in [0.3, 0.4) is 0 Å². The van der Waals surface area contributed by atoms with Crippen LogP contribution in [-0.2, 0) is 20.8 Å². The van der Waals surface area contributed by atoms with E-state index in [9.17, 15) is 9.59 Å². The van der Waals surface area contributed by atoms with Crippen LogP contribution in [0.4, 0.5) is 0 Å². The first-order valence-corrected chi connectivity index (χ1v) is 9.83. The topological polar surface area (TPSA) is 83.5 Å². The van der Waals surface area contributed by atoms with Crippen molar-refractivity contribution in [3.8, 4) is 11.1 Å². The van der Waals surface area contributed by atoms with E-state index >= 15 is 0 Å². The summed E-state index contributed by atoms with van der Waals surface area (Å²) >= 11 is 0. The van der Waals surface area contributed by atoms with Gasteiger partial charge in [-0.25, -0.2) is 0 Å². The van der Waals surface area contributed by atoms with Gasteiger partial charge in [0.05, 0.1) is 0 Å². The van der Waals surface area contributed by atoms with Crippen molar-refractivity contribution >= 4 is 24.4 Å². The Hall–Kier alpha value is -3.99. The fourth-order valence-electron chi connectivity index (χ4n) is 3.28. The van der Waals surface area contributed by atoms with E-state index in [1.807, 2.05) is 42.5 Å². The fraction of sp³-hybridized carbons (Fsp3) is 0.115. The van der Waals surface area contributed by atoms with Gasteiger partial charge in [0.1, 0.15) is 0 Å². The molecule has 0 unspecified atom stereocenters. The van der Waals surface area contributed by atoms with Crippen LogP contribution in [0.25, 0.3) is 17.2 Å². The predicted octanol–water partition coefficient (Wildman–Crippen LogP) is 4.71. The molecule has 0 bridgehead atoms. The molecule has 2 aliphatic rings. The Bertz CT molecular complexity index is 988. The maximum Gasteiger partial charge on any atom is 0.290 e. The molecule has 0 aromatic heterocycles. The molecule has 1 heterocycles. The van der Waals surface area contributed by atoms with Crippen molar-refractivity contribution in [3.63, 3.8) is 0 Å². The van der Waals surface area contributed by atoms with E-state index in [0.717, 1.165) is 6.42 Å². The van der Waals surface area contributed by atoms with Crippen molar-refractivity contribution in [3.05, 3.63) is 102 Å². The van der Waals surface area contributed by atoms with E-state index < -0.39 is 0 Å². The summed E-state index contributed by atoms with van der Waals surface area (Å²) in [4.78, 5) is 28.6. The predicted molar refractivity (Wildman–Crippen MR) is 122 cm³/mol. The Kier molecular flexibility index (Phi) is 9.43. The molecule has 0 atom stereocenters. The zero-order valence-electron chi connectivity index (χ0n) is 17.2. The van der Waals surface area contributed by atoms with Gasteiger partial charge < -0.3 is 5.11 Å². The minimum absolute atomic E-state index is 0.148. The van der Waals surface area contributed by atoms with Crippen molar-refractivity contribution in [2.24, 2.45) is 0 Å². The van der Waals surface area contributed by atoms with Gasteiger partial charge in [-0.05, 0) is 34.2 Å². The van der Waals surface area contributed by atoms with E-state index in [0.29, 0.717) is 12.8 Å². The monoisotopic (exact) mass is 415 g/mol. The number of carboxylic acid groups (broad SMARTS) is 1. The Morgan fingerprint density at radius 1 is 0.774 bits per heavy atom. The first-order valence-electron chi connectivity index (χ1n) is 9.83.